The Balaban J connectivity index is 1.36. The Morgan fingerprint density at radius 3 is 2.69 bits per heavy atom. The lowest BCUT2D eigenvalue weighted by atomic mass is 10.3. The minimum absolute atomic E-state index is 0.136. The molecule has 6 nitrogen and oxygen atoms in total. The molecule has 140 valence electrons. The van der Waals surface area contributed by atoms with Crippen molar-refractivity contribution in [2.45, 2.75) is 16.5 Å². The van der Waals surface area contributed by atoms with E-state index in [-0.39, 0.29) is 11.2 Å². The lowest BCUT2D eigenvalue weighted by molar-refractivity contribution is -0.132. The van der Waals surface area contributed by atoms with Gasteiger partial charge in [0.1, 0.15) is 17.9 Å². The molecule has 1 aromatic carbocycles. The number of halogens is 1. The average Bonchev–Trinajstić information content (AvgIpc) is 3.16. The first-order valence-corrected chi connectivity index (χ1v) is 10.6. The number of thioether (sulfide) groups is 1. The summed E-state index contributed by atoms with van der Waals surface area (Å²) in [7, 11) is 0. The summed E-state index contributed by atoms with van der Waals surface area (Å²) < 4.78 is 6.58. The van der Waals surface area contributed by atoms with Gasteiger partial charge in [0.25, 0.3) is 0 Å². The maximum absolute atomic E-state index is 12.6. The molecule has 0 radical (unpaired) electrons. The van der Waals surface area contributed by atoms with Crippen LogP contribution in [0.4, 0.5) is 0 Å². The van der Waals surface area contributed by atoms with E-state index in [9.17, 15) is 4.79 Å². The monoisotopic (exact) mass is 412 g/mol. The normalized spacial score (nSPS) is 16.5. The molecule has 1 atom stereocenters. The lowest BCUT2D eigenvalue weighted by Crippen LogP contribution is -2.51. The molecular weight excluding hydrogens is 392 g/mol. The second-order valence-electron chi connectivity index (χ2n) is 5.93. The Labute approximate surface area is 166 Å². The van der Waals surface area contributed by atoms with Crippen molar-refractivity contribution in [3.63, 3.8) is 0 Å². The van der Waals surface area contributed by atoms with Gasteiger partial charge < -0.3 is 9.64 Å². The number of hydrogen-bond acceptors (Lipinski definition) is 7. The zero-order chi connectivity index (χ0) is 18.4. The lowest BCUT2D eigenvalue weighted by Gasteiger charge is -2.35. The molecule has 2 aromatic rings. The van der Waals surface area contributed by atoms with Gasteiger partial charge in [0.2, 0.25) is 5.91 Å². The van der Waals surface area contributed by atoms with E-state index in [1.165, 1.54) is 23.1 Å². The largest absolute Gasteiger partial charge is 0.492 e. The van der Waals surface area contributed by atoms with E-state index < -0.39 is 0 Å². The summed E-state index contributed by atoms with van der Waals surface area (Å²) in [5.41, 5.74) is 1.68. The van der Waals surface area contributed by atoms with Crippen LogP contribution in [0.15, 0.2) is 34.1 Å². The SMILES string of the molecule is C[C@@H](Sc1nncs1)C(=O)N1CCN(CCOc2ccc(Cl)cc2)CC1. The van der Waals surface area contributed by atoms with Gasteiger partial charge in [-0.1, -0.05) is 34.7 Å². The van der Waals surface area contributed by atoms with Crippen LogP contribution in [0.1, 0.15) is 6.92 Å². The number of amides is 1. The summed E-state index contributed by atoms with van der Waals surface area (Å²) >= 11 is 8.81. The van der Waals surface area contributed by atoms with Crippen molar-refractivity contribution in [1.82, 2.24) is 20.0 Å². The predicted molar refractivity (Wildman–Crippen MR) is 105 cm³/mol. The van der Waals surface area contributed by atoms with Crippen molar-refractivity contribution in [3.05, 3.63) is 34.8 Å². The van der Waals surface area contributed by atoms with E-state index in [0.717, 1.165) is 42.8 Å². The zero-order valence-electron chi connectivity index (χ0n) is 14.5. The first kappa shape index (κ1) is 19.4. The minimum atomic E-state index is -0.136. The van der Waals surface area contributed by atoms with Gasteiger partial charge in [-0.05, 0) is 31.2 Å². The molecule has 0 unspecified atom stereocenters. The molecule has 1 amide bonds. The van der Waals surface area contributed by atoms with Crippen molar-refractivity contribution in [2.75, 3.05) is 39.3 Å². The first-order valence-electron chi connectivity index (χ1n) is 8.44. The van der Waals surface area contributed by atoms with Gasteiger partial charge in [-0.3, -0.25) is 9.69 Å². The highest BCUT2D eigenvalue weighted by atomic mass is 35.5. The van der Waals surface area contributed by atoms with Crippen LogP contribution < -0.4 is 4.74 Å². The fraction of sp³-hybridized carbons (Fsp3) is 0.471. The Bertz CT molecular complexity index is 691. The fourth-order valence-corrected chi connectivity index (χ4v) is 4.52. The van der Waals surface area contributed by atoms with Gasteiger partial charge in [-0.25, -0.2) is 0 Å². The highest BCUT2D eigenvalue weighted by Crippen LogP contribution is 2.25. The molecular formula is C17H21ClN4O2S2. The van der Waals surface area contributed by atoms with Gasteiger partial charge in [-0.15, -0.1) is 10.2 Å². The molecule has 0 spiro atoms. The summed E-state index contributed by atoms with van der Waals surface area (Å²) in [6, 6.07) is 7.39. The molecule has 1 aliphatic rings. The molecule has 1 saturated heterocycles. The summed E-state index contributed by atoms with van der Waals surface area (Å²) in [6.07, 6.45) is 0. The van der Waals surface area contributed by atoms with Crippen LogP contribution in [-0.2, 0) is 4.79 Å². The Morgan fingerprint density at radius 1 is 1.31 bits per heavy atom. The Morgan fingerprint density at radius 2 is 2.04 bits per heavy atom. The third-order valence-corrected chi connectivity index (χ3v) is 6.29. The number of piperazine rings is 1. The maximum Gasteiger partial charge on any atom is 0.235 e. The highest BCUT2D eigenvalue weighted by molar-refractivity contribution is 8.02. The van der Waals surface area contributed by atoms with E-state index >= 15 is 0 Å². The molecule has 0 aliphatic carbocycles. The summed E-state index contributed by atoms with van der Waals surface area (Å²) in [5.74, 6) is 0.994. The maximum atomic E-state index is 12.6. The molecule has 0 bridgehead atoms. The summed E-state index contributed by atoms with van der Waals surface area (Å²) in [5, 5.41) is 8.37. The molecule has 1 aliphatic heterocycles. The van der Waals surface area contributed by atoms with Gasteiger partial charge in [0, 0.05) is 37.7 Å². The standard InChI is InChI=1S/C17H21ClN4O2S2/c1-13(26-17-20-19-12-25-17)16(23)22-8-6-21(7-9-22)10-11-24-15-4-2-14(18)3-5-15/h2-5,12-13H,6-11H2,1H3/t13-/m1/s1. The van der Waals surface area contributed by atoms with Crippen molar-refractivity contribution in [3.8, 4) is 5.75 Å². The van der Waals surface area contributed by atoms with Crippen LogP contribution in [0, 0.1) is 0 Å². The Hall–Kier alpha value is -1.35. The van der Waals surface area contributed by atoms with E-state index in [1.54, 1.807) is 5.51 Å². The molecule has 0 N–H and O–H groups in total. The number of rotatable bonds is 7. The van der Waals surface area contributed by atoms with Crippen LogP contribution in [0.25, 0.3) is 0 Å². The van der Waals surface area contributed by atoms with Crippen LogP contribution >= 0.6 is 34.7 Å². The number of ether oxygens (including phenoxy) is 1. The van der Waals surface area contributed by atoms with Gasteiger partial charge in [0.15, 0.2) is 4.34 Å². The van der Waals surface area contributed by atoms with E-state index in [4.69, 9.17) is 16.3 Å². The molecule has 26 heavy (non-hydrogen) atoms. The zero-order valence-corrected chi connectivity index (χ0v) is 16.9. The van der Waals surface area contributed by atoms with Crippen molar-refractivity contribution >= 4 is 40.6 Å². The second-order valence-corrected chi connectivity index (χ2v) is 8.79. The van der Waals surface area contributed by atoms with E-state index in [1.807, 2.05) is 36.1 Å². The van der Waals surface area contributed by atoms with Crippen molar-refractivity contribution < 1.29 is 9.53 Å². The number of nitrogens with zero attached hydrogens (tertiary/aromatic N) is 4. The van der Waals surface area contributed by atoms with Crippen LogP contribution in [0.3, 0.4) is 0 Å². The molecule has 1 aromatic heterocycles. The fourth-order valence-electron chi connectivity index (χ4n) is 2.69. The third kappa shape index (κ3) is 5.57. The molecule has 0 saturated carbocycles. The van der Waals surface area contributed by atoms with Gasteiger partial charge in [0.05, 0.1) is 5.25 Å². The average molecular weight is 413 g/mol. The quantitative estimate of drug-likeness (QED) is 0.652. The van der Waals surface area contributed by atoms with Crippen LogP contribution in [0.5, 0.6) is 5.75 Å². The number of aromatic nitrogens is 2. The first-order chi connectivity index (χ1) is 12.6. The number of benzene rings is 1. The van der Waals surface area contributed by atoms with Gasteiger partial charge in [-0.2, -0.15) is 0 Å². The summed E-state index contributed by atoms with van der Waals surface area (Å²) in [4.78, 5) is 16.8. The van der Waals surface area contributed by atoms with Crippen molar-refractivity contribution in [1.29, 1.82) is 0 Å². The third-order valence-electron chi connectivity index (χ3n) is 4.14. The van der Waals surface area contributed by atoms with E-state index in [0.29, 0.717) is 11.6 Å². The molecule has 9 heteroatoms. The van der Waals surface area contributed by atoms with Crippen LogP contribution in [0.2, 0.25) is 5.02 Å². The van der Waals surface area contributed by atoms with Crippen LogP contribution in [-0.4, -0.2) is 70.5 Å². The predicted octanol–water partition coefficient (Wildman–Crippen LogP) is 2.90. The molecule has 1 fully saturated rings. The minimum Gasteiger partial charge on any atom is -0.492 e. The van der Waals surface area contributed by atoms with E-state index in [2.05, 4.69) is 15.1 Å². The summed E-state index contributed by atoms with van der Waals surface area (Å²) in [6.45, 7) is 6.64. The number of hydrogen-bond donors (Lipinski definition) is 0. The second kappa shape index (κ2) is 9.55. The van der Waals surface area contributed by atoms with Crippen molar-refractivity contribution in [2.24, 2.45) is 0 Å². The number of carbonyl (C=O) groups is 1. The Kier molecular flexibility index (Phi) is 7.13. The molecule has 3 rings (SSSR count). The number of carbonyl (C=O) groups excluding carboxylic acids is 1. The smallest absolute Gasteiger partial charge is 0.235 e. The molecule has 2 heterocycles. The highest BCUT2D eigenvalue weighted by Gasteiger charge is 2.26. The van der Waals surface area contributed by atoms with Gasteiger partial charge >= 0.3 is 0 Å². The topological polar surface area (TPSA) is 58.6 Å².